The number of hydrogen-bond acceptors (Lipinski definition) is 3. The number of aromatic nitrogens is 1. The van der Waals surface area contributed by atoms with Gasteiger partial charge in [-0.25, -0.2) is 0 Å². The Morgan fingerprint density at radius 3 is 2.70 bits per heavy atom. The standard InChI is InChI=1S/C17H18N2S/c1-3-18-17(13-6-4-12(2)5-7-13)14-10-16-15(19-11-14)8-9-20-16/h4-11,17-18H,3H2,1-2H3. The predicted octanol–water partition coefficient (Wildman–Crippen LogP) is 4.30. The lowest BCUT2D eigenvalue weighted by atomic mass is 9.99. The number of nitrogens with one attached hydrogen (secondary N) is 1. The molecule has 1 unspecified atom stereocenters. The van der Waals surface area contributed by atoms with Gasteiger partial charge in [-0.3, -0.25) is 4.98 Å². The molecule has 3 aromatic rings. The summed E-state index contributed by atoms with van der Waals surface area (Å²) in [5.41, 5.74) is 4.88. The molecule has 2 aromatic heterocycles. The SMILES string of the molecule is CCNC(c1ccc(C)cc1)c1cnc2ccsc2c1. The maximum Gasteiger partial charge on any atom is 0.0809 e. The van der Waals surface area contributed by atoms with Gasteiger partial charge in [-0.05, 0) is 42.1 Å². The van der Waals surface area contributed by atoms with Crippen molar-refractivity contribution >= 4 is 21.6 Å². The predicted molar refractivity (Wildman–Crippen MR) is 86.3 cm³/mol. The molecule has 102 valence electrons. The first-order chi connectivity index (χ1) is 9.78. The molecule has 1 atom stereocenters. The van der Waals surface area contributed by atoms with Gasteiger partial charge in [0.2, 0.25) is 0 Å². The van der Waals surface area contributed by atoms with Gasteiger partial charge in [0.25, 0.3) is 0 Å². The number of pyridine rings is 1. The van der Waals surface area contributed by atoms with Crippen molar-refractivity contribution in [2.24, 2.45) is 0 Å². The van der Waals surface area contributed by atoms with Crippen LogP contribution < -0.4 is 5.32 Å². The minimum atomic E-state index is 0.208. The van der Waals surface area contributed by atoms with Crippen LogP contribution in [0.25, 0.3) is 10.2 Å². The molecule has 0 saturated carbocycles. The zero-order valence-electron chi connectivity index (χ0n) is 11.8. The Hall–Kier alpha value is -1.71. The van der Waals surface area contributed by atoms with Crippen LogP contribution in [0.15, 0.2) is 48.0 Å². The first-order valence-electron chi connectivity index (χ1n) is 6.91. The first-order valence-corrected chi connectivity index (χ1v) is 7.79. The molecule has 0 fully saturated rings. The van der Waals surface area contributed by atoms with Crippen molar-refractivity contribution in [2.75, 3.05) is 6.54 Å². The summed E-state index contributed by atoms with van der Waals surface area (Å²) in [4.78, 5) is 4.56. The number of rotatable bonds is 4. The first kappa shape index (κ1) is 13.3. The van der Waals surface area contributed by atoms with E-state index < -0.39 is 0 Å². The molecule has 1 aromatic carbocycles. The van der Waals surface area contributed by atoms with Crippen LogP contribution >= 0.6 is 11.3 Å². The van der Waals surface area contributed by atoms with E-state index in [1.807, 2.05) is 6.20 Å². The minimum Gasteiger partial charge on any atom is -0.306 e. The Labute approximate surface area is 123 Å². The summed E-state index contributed by atoms with van der Waals surface area (Å²) in [6.45, 7) is 5.19. The van der Waals surface area contributed by atoms with Crippen molar-refractivity contribution < 1.29 is 0 Å². The number of hydrogen-bond donors (Lipinski definition) is 1. The molecule has 1 N–H and O–H groups in total. The van der Waals surface area contributed by atoms with Crippen molar-refractivity contribution in [1.82, 2.24) is 10.3 Å². The molecule has 0 amide bonds. The van der Waals surface area contributed by atoms with Crippen molar-refractivity contribution in [1.29, 1.82) is 0 Å². The Kier molecular flexibility index (Phi) is 3.81. The molecule has 0 aliphatic carbocycles. The maximum absolute atomic E-state index is 4.56. The highest BCUT2D eigenvalue weighted by atomic mass is 32.1. The van der Waals surface area contributed by atoms with Gasteiger partial charge < -0.3 is 5.32 Å². The van der Waals surface area contributed by atoms with E-state index in [2.05, 4.69) is 65.9 Å². The Balaban J connectivity index is 2.02. The molecule has 0 aliphatic heterocycles. The lowest BCUT2D eigenvalue weighted by molar-refractivity contribution is 0.629. The van der Waals surface area contributed by atoms with Gasteiger partial charge in [-0.2, -0.15) is 0 Å². The van der Waals surface area contributed by atoms with Gasteiger partial charge in [-0.1, -0.05) is 36.8 Å². The Morgan fingerprint density at radius 2 is 1.95 bits per heavy atom. The molecule has 0 saturated heterocycles. The largest absolute Gasteiger partial charge is 0.306 e. The average molecular weight is 282 g/mol. The number of thiophene rings is 1. The van der Waals surface area contributed by atoms with E-state index in [0.717, 1.165) is 12.1 Å². The quantitative estimate of drug-likeness (QED) is 0.771. The van der Waals surface area contributed by atoms with E-state index in [1.54, 1.807) is 11.3 Å². The molecular formula is C17H18N2S. The molecular weight excluding hydrogens is 264 g/mol. The highest BCUT2D eigenvalue weighted by Gasteiger charge is 2.14. The molecule has 2 heterocycles. The summed E-state index contributed by atoms with van der Waals surface area (Å²) < 4.78 is 1.25. The fraction of sp³-hybridized carbons (Fsp3) is 0.235. The van der Waals surface area contributed by atoms with Crippen LogP contribution in [0.2, 0.25) is 0 Å². The Bertz CT molecular complexity index is 700. The fourth-order valence-electron chi connectivity index (χ4n) is 2.41. The van der Waals surface area contributed by atoms with Crippen molar-refractivity contribution in [3.63, 3.8) is 0 Å². The number of benzene rings is 1. The number of aryl methyl sites for hydroxylation is 1. The van der Waals surface area contributed by atoms with Crippen molar-refractivity contribution in [2.45, 2.75) is 19.9 Å². The van der Waals surface area contributed by atoms with E-state index in [-0.39, 0.29) is 6.04 Å². The second-order valence-corrected chi connectivity index (χ2v) is 5.92. The fourth-order valence-corrected chi connectivity index (χ4v) is 3.20. The lowest BCUT2D eigenvalue weighted by Crippen LogP contribution is -2.22. The van der Waals surface area contributed by atoms with Crippen LogP contribution in [0, 0.1) is 6.92 Å². The van der Waals surface area contributed by atoms with E-state index in [0.29, 0.717) is 0 Å². The summed E-state index contributed by atoms with van der Waals surface area (Å²) in [5, 5.41) is 5.65. The van der Waals surface area contributed by atoms with Crippen LogP contribution in [0.3, 0.4) is 0 Å². The molecule has 0 aliphatic rings. The van der Waals surface area contributed by atoms with Crippen LogP contribution in [0.5, 0.6) is 0 Å². The van der Waals surface area contributed by atoms with E-state index in [4.69, 9.17) is 0 Å². The van der Waals surface area contributed by atoms with Gasteiger partial charge >= 0.3 is 0 Å². The zero-order chi connectivity index (χ0) is 13.9. The maximum atomic E-state index is 4.56. The summed E-state index contributed by atoms with van der Waals surface area (Å²) >= 11 is 1.74. The third kappa shape index (κ3) is 2.60. The monoisotopic (exact) mass is 282 g/mol. The average Bonchev–Trinajstić information content (AvgIpc) is 2.93. The smallest absolute Gasteiger partial charge is 0.0809 e. The van der Waals surface area contributed by atoms with Gasteiger partial charge in [-0.15, -0.1) is 11.3 Å². The number of fused-ring (bicyclic) bond motifs is 1. The van der Waals surface area contributed by atoms with Crippen LogP contribution in [0.4, 0.5) is 0 Å². The van der Waals surface area contributed by atoms with Gasteiger partial charge in [0.1, 0.15) is 0 Å². The van der Waals surface area contributed by atoms with E-state index in [9.17, 15) is 0 Å². The molecule has 3 heteroatoms. The molecule has 3 rings (SSSR count). The highest BCUT2D eigenvalue weighted by molar-refractivity contribution is 7.17. The topological polar surface area (TPSA) is 24.9 Å². The summed E-state index contributed by atoms with van der Waals surface area (Å²) in [6, 6.07) is 13.2. The minimum absolute atomic E-state index is 0.208. The zero-order valence-corrected chi connectivity index (χ0v) is 12.6. The molecule has 0 radical (unpaired) electrons. The summed E-state index contributed by atoms with van der Waals surface area (Å²) in [5.74, 6) is 0. The van der Waals surface area contributed by atoms with Crippen LogP contribution in [-0.4, -0.2) is 11.5 Å². The molecule has 0 bridgehead atoms. The van der Waals surface area contributed by atoms with E-state index in [1.165, 1.54) is 21.4 Å². The second kappa shape index (κ2) is 5.73. The lowest BCUT2D eigenvalue weighted by Gasteiger charge is -2.19. The van der Waals surface area contributed by atoms with Crippen molar-refractivity contribution in [3.05, 3.63) is 64.7 Å². The third-order valence-electron chi connectivity index (χ3n) is 3.48. The molecule has 2 nitrogen and oxygen atoms in total. The van der Waals surface area contributed by atoms with Gasteiger partial charge in [0.15, 0.2) is 0 Å². The van der Waals surface area contributed by atoms with Crippen LogP contribution in [-0.2, 0) is 0 Å². The third-order valence-corrected chi connectivity index (χ3v) is 4.33. The summed E-state index contributed by atoms with van der Waals surface area (Å²) in [6.07, 6.45) is 1.99. The van der Waals surface area contributed by atoms with E-state index >= 15 is 0 Å². The summed E-state index contributed by atoms with van der Waals surface area (Å²) in [7, 11) is 0. The van der Waals surface area contributed by atoms with Crippen LogP contribution in [0.1, 0.15) is 29.7 Å². The van der Waals surface area contributed by atoms with Gasteiger partial charge in [0, 0.05) is 6.20 Å². The molecule has 0 spiro atoms. The molecule has 20 heavy (non-hydrogen) atoms. The van der Waals surface area contributed by atoms with Crippen molar-refractivity contribution in [3.8, 4) is 0 Å². The normalized spacial score (nSPS) is 12.7. The number of nitrogens with zero attached hydrogens (tertiary/aromatic N) is 1. The van der Waals surface area contributed by atoms with Gasteiger partial charge in [0.05, 0.1) is 16.3 Å². The second-order valence-electron chi connectivity index (χ2n) is 4.97. The Morgan fingerprint density at radius 1 is 1.15 bits per heavy atom. The highest BCUT2D eigenvalue weighted by Crippen LogP contribution is 2.26.